The molecule has 26 heavy (non-hydrogen) atoms. The highest BCUT2D eigenvalue weighted by molar-refractivity contribution is 7.89. The number of amides is 1. The van der Waals surface area contributed by atoms with E-state index in [2.05, 4.69) is 10.0 Å². The van der Waals surface area contributed by atoms with Crippen LogP contribution in [0.4, 0.5) is 0 Å². The fourth-order valence-electron chi connectivity index (χ4n) is 2.33. The Morgan fingerprint density at radius 1 is 1.12 bits per heavy atom. The zero-order valence-electron chi connectivity index (χ0n) is 14.7. The fourth-order valence-corrected chi connectivity index (χ4v) is 3.40. The number of sulfonamides is 1. The molecule has 0 radical (unpaired) electrons. The average Bonchev–Trinajstić information content (AvgIpc) is 2.61. The Balaban J connectivity index is 1.91. The summed E-state index contributed by atoms with van der Waals surface area (Å²) in [5, 5.41) is 4.29. The number of esters is 1. The predicted molar refractivity (Wildman–Crippen MR) is 98.0 cm³/mol. The standard InChI is InChI=1S/C18H22N2O5S/c1-3-19-18(22)13(2)25-17(21)10-11-20-26(23,24)16-9-8-14-6-4-5-7-15(14)12-16/h4-9,12-13,20H,3,10-11H2,1-2H3,(H,19,22)/t13-/m1/s1. The van der Waals surface area contributed by atoms with Crippen LogP contribution in [0, 0.1) is 0 Å². The van der Waals surface area contributed by atoms with Crippen molar-refractivity contribution in [3.05, 3.63) is 42.5 Å². The Kier molecular flexibility index (Phi) is 6.70. The number of carbonyl (C=O) groups excluding carboxylic acids is 2. The first-order valence-corrected chi connectivity index (χ1v) is 9.77. The number of ether oxygens (including phenoxy) is 1. The summed E-state index contributed by atoms with van der Waals surface area (Å²) in [6.45, 7) is 3.54. The smallest absolute Gasteiger partial charge is 0.307 e. The molecule has 0 aromatic heterocycles. The lowest BCUT2D eigenvalue weighted by atomic mass is 10.1. The van der Waals surface area contributed by atoms with Crippen molar-refractivity contribution in [3.63, 3.8) is 0 Å². The van der Waals surface area contributed by atoms with E-state index in [1.54, 1.807) is 19.1 Å². The minimum atomic E-state index is -3.74. The Morgan fingerprint density at radius 3 is 2.50 bits per heavy atom. The zero-order chi connectivity index (χ0) is 19.2. The van der Waals surface area contributed by atoms with E-state index in [1.807, 2.05) is 24.3 Å². The third-order valence-electron chi connectivity index (χ3n) is 3.68. The summed E-state index contributed by atoms with van der Waals surface area (Å²) in [7, 11) is -3.74. The van der Waals surface area contributed by atoms with Crippen LogP contribution in [0.1, 0.15) is 20.3 Å². The van der Waals surface area contributed by atoms with Crippen molar-refractivity contribution in [2.45, 2.75) is 31.3 Å². The van der Waals surface area contributed by atoms with Gasteiger partial charge in [-0.2, -0.15) is 0 Å². The molecule has 2 aromatic rings. The maximum Gasteiger partial charge on any atom is 0.307 e. The molecule has 0 bridgehead atoms. The highest BCUT2D eigenvalue weighted by Crippen LogP contribution is 2.18. The van der Waals surface area contributed by atoms with E-state index in [9.17, 15) is 18.0 Å². The number of rotatable bonds is 8. The normalized spacial score (nSPS) is 12.5. The van der Waals surface area contributed by atoms with Gasteiger partial charge in [0.2, 0.25) is 10.0 Å². The van der Waals surface area contributed by atoms with E-state index in [1.165, 1.54) is 13.0 Å². The largest absolute Gasteiger partial charge is 0.453 e. The molecule has 0 aliphatic carbocycles. The zero-order valence-corrected chi connectivity index (χ0v) is 15.5. The molecule has 0 fully saturated rings. The second-order valence-corrected chi connectivity index (χ2v) is 7.45. The molecule has 8 heteroatoms. The summed E-state index contributed by atoms with van der Waals surface area (Å²) in [6.07, 6.45) is -1.09. The molecule has 1 amide bonds. The molecule has 1 atom stereocenters. The van der Waals surface area contributed by atoms with Gasteiger partial charge >= 0.3 is 5.97 Å². The number of likely N-dealkylation sites (N-methyl/N-ethyl adjacent to an activating group) is 1. The van der Waals surface area contributed by atoms with Crippen LogP contribution < -0.4 is 10.0 Å². The number of fused-ring (bicyclic) bond motifs is 1. The Labute approximate surface area is 152 Å². The minimum absolute atomic E-state index is 0.115. The molecule has 7 nitrogen and oxygen atoms in total. The lowest BCUT2D eigenvalue weighted by molar-refractivity contribution is -0.154. The van der Waals surface area contributed by atoms with E-state index in [-0.39, 0.29) is 17.9 Å². The highest BCUT2D eigenvalue weighted by atomic mass is 32.2. The first-order valence-electron chi connectivity index (χ1n) is 8.29. The lowest BCUT2D eigenvalue weighted by Gasteiger charge is -2.13. The first-order chi connectivity index (χ1) is 12.3. The molecule has 2 aromatic carbocycles. The van der Waals surface area contributed by atoms with Crippen LogP contribution in [-0.4, -0.2) is 39.5 Å². The molecule has 0 unspecified atom stereocenters. The number of nitrogens with one attached hydrogen (secondary N) is 2. The van der Waals surface area contributed by atoms with Gasteiger partial charge in [-0.15, -0.1) is 0 Å². The van der Waals surface area contributed by atoms with Gasteiger partial charge in [-0.3, -0.25) is 9.59 Å². The molecule has 0 aliphatic rings. The fraction of sp³-hybridized carbons (Fsp3) is 0.333. The van der Waals surface area contributed by atoms with Gasteiger partial charge in [-0.1, -0.05) is 30.3 Å². The van der Waals surface area contributed by atoms with E-state index < -0.39 is 28.0 Å². The second kappa shape index (κ2) is 8.77. The maximum absolute atomic E-state index is 12.3. The quantitative estimate of drug-likeness (QED) is 0.679. The van der Waals surface area contributed by atoms with E-state index in [0.717, 1.165) is 10.8 Å². The molecular weight excluding hydrogens is 356 g/mol. The highest BCUT2D eigenvalue weighted by Gasteiger charge is 2.18. The van der Waals surface area contributed by atoms with Gasteiger partial charge in [0.05, 0.1) is 11.3 Å². The summed E-state index contributed by atoms with van der Waals surface area (Å²) in [6, 6.07) is 12.2. The van der Waals surface area contributed by atoms with Crippen LogP contribution in [0.2, 0.25) is 0 Å². The van der Waals surface area contributed by atoms with Crippen molar-refractivity contribution in [2.24, 2.45) is 0 Å². The van der Waals surface area contributed by atoms with Crippen LogP contribution >= 0.6 is 0 Å². The first kappa shape index (κ1) is 19.9. The molecular formula is C18H22N2O5S. The topological polar surface area (TPSA) is 102 Å². The van der Waals surface area contributed by atoms with Gasteiger partial charge in [0.25, 0.3) is 5.91 Å². The van der Waals surface area contributed by atoms with Crippen LogP contribution in [0.25, 0.3) is 10.8 Å². The van der Waals surface area contributed by atoms with Gasteiger partial charge in [0.15, 0.2) is 6.10 Å². The van der Waals surface area contributed by atoms with Crippen LogP contribution in [-0.2, 0) is 24.3 Å². The van der Waals surface area contributed by atoms with E-state index in [0.29, 0.717) is 6.54 Å². The number of carbonyl (C=O) groups is 2. The van der Waals surface area contributed by atoms with Crippen molar-refractivity contribution in [1.29, 1.82) is 0 Å². The van der Waals surface area contributed by atoms with Gasteiger partial charge in [0.1, 0.15) is 0 Å². The Bertz CT molecular complexity index is 895. The average molecular weight is 378 g/mol. The monoisotopic (exact) mass is 378 g/mol. The molecule has 140 valence electrons. The third kappa shape index (κ3) is 5.27. The molecule has 0 heterocycles. The van der Waals surface area contributed by atoms with E-state index in [4.69, 9.17) is 4.74 Å². The molecule has 2 rings (SSSR count). The Morgan fingerprint density at radius 2 is 1.81 bits per heavy atom. The molecule has 0 saturated heterocycles. The van der Waals surface area contributed by atoms with Gasteiger partial charge in [0, 0.05) is 13.1 Å². The summed E-state index contributed by atoms with van der Waals surface area (Å²) < 4.78 is 32.0. The Hall–Kier alpha value is -2.45. The van der Waals surface area contributed by atoms with Crippen LogP contribution in [0.3, 0.4) is 0 Å². The SMILES string of the molecule is CCNC(=O)[C@@H](C)OC(=O)CCNS(=O)(=O)c1ccc2ccccc2c1. The third-order valence-corrected chi connectivity index (χ3v) is 5.14. The molecule has 0 aliphatic heterocycles. The summed E-state index contributed by atoms with van der Waals surface area (Å²) in [5.74, 6) is -1.04. The van der Waals surface area contributed by atoms with Crippen molar-refractivity contribution in [1.82, 2.24) is 10.0 Å². The van der Waals surface area contributed by atoms with Crippen molar-refractivity contribution < 1.29 is 22.7 Å². The maximum atomic E-state index is 12.3. The number of hydrogen-bond donors (Lipinski definition) is 2. The molecule has 0 spiro atoms. The number of benzene rings is 2. The summed E-state index contributed by atoms with van der Waals surface area (Å²) in [4.78, 5) is 23.4. The molecule has 0 saturated carbocycles. The summed E-state index contributed by atoms with van der Waals surface area (Å²) >= 11 is 0. The van der Waals surface area contributed by atoms with Crippen molar-refractivity contribution in [2.75, 3.05) is 13.1 Å². The van der Waals surface area contributed by atoms with Gasteiger partial charge in [-0.05, 0) is 36.8 Å². The van der Waals surface area contributed by atoms with Crippen molar-refractivity contribution in [3.8, 4) is 0 Å². The lowest BCUT2D eigenvalue weighted by Crippen LogP contribution is -2.36. The second-order valence-electron chi connectivity index (χ2n) is 5.68. The van der Waals surface area contributed by atoms with Gasteiger partial charge < -0.3 is 10.1 Å². The molecule has 2 N–H and O–H groups in total. The number of hydrogen-bond acceptors (Lipinski definition) is 5. The van der Waals surface area contributed by atoms with Crippen molar-refractivity contribution >= 4 is 32.7 Å². The summed E-state index contributed by atoms with van der Waals surface area (Å²) in [5.41, 5.74) is 0. The van der Waals surface area contributed by atoms with Crippen LogP contribution in [0.5, 0.6) is 0 Å². The van der Waals surface area contributed by atoms with Crippen LogP contribution in [0.15, 0.2) is 47.4 Å². The minimum Gasteiger partial charge on any atom is -0.453 e. The van der Waals surface area contributed by atoms with Gasteiger partial charge in [-0.25, -0.2) is 13.1 Å². The van der Waals surface area contributed by atoms with E-state index >= 15 is 0 Å². The predicted octanol–water partition coefficient (Wildman–Crippen LogP) is 1.58.